The number of carbonyl (C=O) groups excluding carboxylic acids is 1. The number of amides is 1. The summed E-state index contributed by atoms with van der Waals surface area (Å²) in [6, 6.07) is 15.0. The number of aromatic nitrogens is 3. The van der Waals surface area contributed by atoms with Crippen LogP contribution in [0.3, 0.4) is 0 Å². The van der Waals surface area contributed by atoms with Crippen LogP contribution in [0.15, 0.2) is 67.5 Å². The Bertz CT molecular complexity index is 923. The molecule has 0 aliphatic heterocycles. The monoisotopic (exact) mass is 346 g/mol. The minimum atomic E-state index is -0.318. The first kappa shape index (κ1) is 17.1. The maximum atomic E-state index is 11.4. The molecule has 7 nitrogen and oxygen atoms in total. The van der Waals surface area contributed by atoms with Gasteiger partial charge in [-0.1, -0.05) is 30.3 Å². The van der Waals surface area contributed by atoms with E-state index in [1.165, 1.54) is 18.0 Å². The van der Waals surface area contributed by atoms with Crippen molar-refractivity contribution in [2.24, 2.45) is 0 Å². The number of carbonyl (C=O) groups is 1. The molecule has 0 spiro atoms. The molecule has 0 aliphatic rings. The van der Waals surface area contributed by atoms with Crippen molar-refractivity contribution in [3.8, 4) is 0 Å². The molecule has 1 amide bonds. The molecular formula is C19H18N6O. The van der Waals surface area contributed by atoms with E-state index in [1.54, 1.807) is 24.3 Å². The number of hydrogen-bond acceptors (Lipinski definition) is 6. The quantitative estimate of drug-likeness (QED) is 0.588. The van der Waals surface area contributed by atoms with Crippen LogP contribution in [0, 0.1) is 6.92 Å². The van der Waals surface area contributed by atoms with E-state index in [0.717, 1.165) is 5.69 Å². The first-order chi connectivity index (χ1) is 12.6. The molecule has 3 rings (SSSR count). The summed E-state index contributed by atoms with van der Waals surface area (Å²) in [4.78, 5) is 24.1. The van der Waals surface area contributed by atoms with E-state index in [0.29, 0.717) is 23.3 Å². The smallest absolute Gasteiger partial charge is 0.248 e. The molecule has 0 aliphatic carbocycles. The van der Waals surface area contributed by atoms with E-state index in [9.17, 15) is 4.79 Å². The molecule has 7 heteroatoms. The SMILES string of the molecule is C=CC(=O)Nc1cccc(Nc2cc(Nc3ccc(C)cc3)ncn2)n1. The maximum Gasteiger partial charge on any atom is 0.248 e. The van der Waals surface area contributed by atoms with Crippen LogP contribution >= 0.6 is 0 Å². The first-order valence-electron chi connectivity index (χ1n) is 7.95. The highest BCUT2D eigenvalue weighted by atomic mass is 16.1. The molecule has 0 saturated carbocycles. The summed E-state index contributed by atoms with van der Waals surface area (Å²) in [5.74, 6) is 1.89. The number of nitrogens with zero attached hydrogens (tertiary/aromatic N) is 3. The fraction of sp³-hybridized carbons (Fsp3) is 0.0526. The van der Waals surface area contributed by atoms with Crippen molar-refractivity contribution in [3.63, 3.8) is 0 Å². The van der Waals surface area contributed by atoms with E-state index in [4.69, 9.17) is 0 Å². The third-order valence-corrected chi connectivity index (χ3v) is 3.43. The zero-order valence-electron chi connectivity index (χ0n) is 14.2. The molecule has 2 aromatic heterocycles. The molecule has 0 fully saturated rings. The third-order valence-electron chi connectivity index (χ3n) is 3.43. The summed E-state index contributed by atoms with van der Waals surface area (Å²) in [6.45, 7) is 5.45. The van der Waals surface area contributed by atoms with Gasteiger partial charge in [0.2, 0.25) is 5.91 Å². The Morgan fingerprint density at radius 3 is 2.38 bits per heavy atom. The third kappa shape index (κ3) is 4.64. The number of rotatable bonds is 6. The van der Waals surface area contributed by atoms with Gasteiger partial charge in [-0.3, -0.25) is 4.79 Å². The van der Waals surface area contributed by atoms with Crippen molar-refractivity contribution in [1.82, 2.24) is 15.0 Å². The Morgan fingerprint density at radius 2 is 1.65 bits per heavy atom. The molecule has 0 bridgehead atoms. The van der Waals surface area contributed by atoms with E-state index in [1.807, 2.05) is 31.2 Å². The van der Waals surface area contributed by atoms with Gasteiger partial charge in [0.1, 0.15) is 29.6 Å². The first-order valence-corrected chi connectivity index (χ1v) is 7.95. The van der Waals surface area contributed by atoms with Gasteiger partial charge in [0.15, 0.2) is 0 Å². The lowest BCUT2D eigenvalue weighted by Crippen LogP contribution is -2.09. The summed E-state index contributed by atoms with van der Waals surface area (Å²) in [5, 5.41) is 8.93. The molecule has 3 N–H and O–H groups in total. The van der Waals surface area contributed by atoms with Crippen molar-refractivity contribution in [2.45, 2.75) is 6.92 Å². The Labute approximate surface area is 151 Å². The molecule has 0 saturated heterocycles. The van der Waals surface area contributed by atoms with Crippen LogP contribution < -0.4 is 16.0 Å². The van der Waals surface area contributed by atoms with Crippen molar-refractivity contribution in [1.29, 1.82) is 0 Å². The molecule has 1 aromatic carbocycles. The second-order valence-electron chi connectivity index (χ2n) is 5.51. The Kier molecular flexibility index (Phi) is 5.19. The van der Waals surface area contributed by atoms with Gasteiger partial charge in [0.25, 0.3) is 0 Å². The molecular weight excluding hydrogens is 328 g/mol. The van der Waals surface area contributed by atoms with Gasteiger partial charge in [-0.25, -0.2) is 15.0 Å². The fourth-order valence-corrected chi connectivity index (χ4v) is 2.16. The summed E-state index contributed by atoms with van der Waals surface area (Å²) in [6.07, 6.45) is 2.65. The Hall–Kier alpha value is -3.74. The number of pyridine rings is 1. The minimum absolute atomic E-state index is 0.318. The summed E-state index contributed by atoms with van der Waals surface area (Å²) in [5.41, 5.74) is 2.13. The second kappa shape index (κ2) is 7.89. The molecule has 3 aromatic rings. The Morgan fingerprint density at radius 1 is 0.962 bits per heavy atom. The zero-order chi connectivity index (χ0) is 18.4. The van der Waals surface area contributed by atoms with Crippen molar-refractivity contribution < 1.29 is 4.79 Å². The summed E-state index contributed by atoms with van der Waals surface area (Å²) in [7, 11) is 0. The average Bonchev–Trinajstić information content (AvgIpc) is 2.64. The fourth-order valence-electron chi connectivity index (χ4n) is 2.16. The average molecular weight is 346 g/mol. The lowest BCUT2D eigenvalue weighted by atomic mass is 10.2. The van der Waals surface area contributed by atoms with Gasteiger partial charge in [-0.15, -0.1) is 0 Å². The molecule has 130 valence electrons. The minimum Gasteiger partial charge on any atom is -0.340 e. The van der Waals surface area contributed by atoms with Crippen LogP contribution in [0.4, 0.5) is 29.0 Å². The second-order valence-corrected chi connectivity index (χ2v) is 5.51. The van der Waals surface area contributed by atoms with Crippen LogP contribution in [0.25, 0.3) is 0 Å². The van der Waals surface area contributed by atoms with Crippen molar-refractivity contribution in [3.05, 3.63) is 73.1 Å². The highest BCUT2D eigenvalue weighted by Gasteiger charge is 2.04. The van der Waals surface area contributed by atoms with Crippen LogP contribution in [0.5, 0.6) is 0 Å². The van der Waals surface area contributed by atoms with Gasteiger partial charge in [-0.05, 0) is 37.3 Å². The number of benzene rings is 1. The summed E-state index contributed by atoms with van der Waals surface area (Å²) >= 11 is 0. The van der Waals surface area contributed by atoms with E-state index < -0.39 is 0 Å². The Balaban J connectivity index is 1.72. The molecule has 26 heavy (non-hydrogen) atoms. The molecule has 0 unspecified atom stereocenters. The van der Waals surface area contributed by atoms with Crippen molar-refractivity contribution >= 4 is 34.9 Å². The number of hydrogen-bond donors (Lipinski definition) is 3. The lowest BCUT2D eigenvalue weighted by molar-refractivity contribution is -0.111. The van der Waals surface area contributed by atoms with Crippen LogP contribution in [0.2, 0.25) is 0 Å². The zero-order valence-corrected chi connectivity index (χ0v) is 14.2. The number of anilines is 5. The van der Waals surface area contributed by atoms with Crippen LogP contribution in [-0.4, -0.2) is 20.9 Å². The highest BCUT2D eigenvalue weighted by molar-refractivity contribution is 5.98. The van der Waals surface area contributed by atoms with Crippen LogP contribution in [0.1, 0.15) is 5.56 Å². The van der Waals surface area contributed by atoms with Crippen molar-refractivity contribution in [2.75, 3.05) is 16.0 Å². The predicted octanol–water partition coefficient (Wildman–Crippen LogP) is 3.79. The van der Waals surface area contributed by atoms with E-state index in [-0.39, 0.29) is 5.91 Å². The van der Waals surface area contributed by atoms with Gasteiger partial charge in [0, 0.05) is 11.8 Å². The predicted molar refractivity (Wildman–Crippen MR) is 103 cm³/mol. The highest BCUT2D eigenvalue weighted by Crippen LogP contribution is 2.19. The van der Waals surface area contributed by atoms with Crippen LogP contribution in [-0.2, 0) is 4.79 Å². The molecule has 0 atom stereocenters. The van der Waals surface area contributed by atoms with E-state index >= 15 is 0 Å². The van der Waals surface area contributed by atoms with E-state index in [2.05, 4.69) is 37.5 Å². The van der Waals surface area contributed by atoms with Gasteiger partial charge in [0.05, 0.1) is 0 Å². The number of aryl methyl sites for hydroxylation is 1. The number of nitrogens with one attached hydrogen (secondary N) is 3. The largest absolute Gasteiger partial charge is 0.340 e. The molecule has 2 heterocycles. The van der Waals surface area contributed by atoms with Gasteiger partial charge in [-0.2, -0.15) is 0 Å². The molecule has 0 radical (unpaired) electrons. The summed E-state index contributed by atoms with van der Waals surface area (Å²) < 4.78 is 0. The maximum absolute atomic E-state index is 11.4. The van der Waals surface area contributed by atoms with Gasteiger partial charge >= 0.3 is 0 Å². The standard InChI is InChI=1S/C19H18N6O/c1-3-19(26)25-16-6-4-5-15(23-16)24-18-11-17(20-12-21-18)22-14-9-7-13(2)8-10-14/h3-12H,1H2,2H3,(H3,20,21,22,23,24,25,26). The lowest BCUT2D eigenvalue weighted by Gasteiger charge is -2.09. The van der Waals surface area contributed by atoms with Gasteiger partial charge < -0.3 is 16.0 Å². The normalized spacial score (nSPS) is 10.0. The topological polar surface area (TPSA) is 91.8 Å².